The topological polar surface area (TPSA) is 54.6 Å². The van der Waals surface area contributed by atoms with Gasteiger partial charge in [-0.1, -0.05) is 66.7 Å². The minimum absolute atomic E-state index is 0.211. The van der Waals surface area contributed by atoms with Gasteiger partial charge in [-0.3, -0.25) is 4.90 Å². The lowest BCUT2D eigenvalue weighted by Crippen LogP contribution is -2.26. The van der Waals surface area contributed by atoms with Crippen molar-refractivity contribution in [2.45, 2.75) is 13.0 Å². The van der Waals surface area contributed by atoms with Gasteiger partial charge in [-0.05, 0) is 29.3 Å². The Kier molecular flexibility index (Phi) is 8.30. The van der Waals surface area contributed by atoms with Crippen LogP contribution in [0.25, 0.3) is 11.3 Å². The summed E-state index contributed by atoms with van der Waals surface area (Å²) in [7, 11) is 1.30. The lowest BCUT2D eigenvalue weighted by atomic mass is 10.2. The van der Waals surface area contributed by atoms with Gasteiger partial charge in [0.2, 0.25) is 0 Å². The molecule has 0 aliphatic heterocycles. The van der Waals surface area contributed by atoms with E-state index < -0.39 is 6.16 Å². The first-order valence-electron chi connectivity index (χ1n) is 10.1. The summed E-state index contributed by atoms with van der Waals surface area (Å²) in [6.45, 7) is 2.75. The van der Waals surface area contributed by atoms with Crippen molar-refractivity contribution in [1.82, 2.24) is 9.88 Å². The van der Waals surface area contributed by atoms with Crippen LogP contribution in [0.3, 0.4) is 0 Å². The Morgan fingerprint density at radius 3 is 2.43 bits per heavy atom. The van der Waals surface area contributed by atoms with E-state index in [-0.39, 0.29) is 6.61 Å². The lowest BCUT2D eigenvalue weighted by Gasteiger charge is -2.20. The monoisotopic (exact) mass is 404 g/mol. The van der Waals surface area contributed by atoms with Crippen LogP contribution < -0.4 is 0 Å². The van der Waals surface area contributed by atoms with E-state index in [0.717, 1.165) is 31.7 Å². The van der Waals surface area contributed by atoms with Gasteiger partial charge < -0.3 is 14.5 Å². The van der Waals surface area contributed by atoms with E-state index in [9.17, 15) is 4.79 Å². The summed E-state index contributed by atoms with van der Waals surface area (Å²) in [6, 6.07) is 25.1. The van der Waals surface area contributed by atoms with Crippen LogP contribution in [0.1, 0.15) is 11.3 Å². The van der Waals surface area contributed by atoms with Gasteiger partial charge in [0, 0.05) is 37.4 Å². The number of hydrogen-bond donors (Lipinski definition) is 1. The summed E-state index contributed by atoms with van der Waals surface area (Å²) >= 11 is 0. The normalized spacial score (nSPS) is 11.1. The van der Waals surface area contributed by atoms with E-state index >= 15 is 0 Å². The number of ether oxygens (including phenoxy) is 2. The quantitative estimate of drug-likeness (QED) is 0.379. The van der Waals surface area contributed by atoms with Crippen LogP contribution in [-0.2, 0) is 22.4 Å². The van der Waals surface area contributed by atoms with Gasteiger partial charge in [-0.25, -0.2) is 4.79 Å². The van der Waals surface area contributed by atoms with Crippen LogP contribution in [0, 0.1) is 0 Å². The lowest BCUT2D eigenvalue weighted by molar-refractivity contribution is 0.0817. The van der Waals surface area contributed by atoms with Gasteiger partial charge in [0.15, 0.2) is 0 Å². The summed E-state index contributed by atoms with van der Waals surface area (Å²) in [6.07, 6.45) is 4.13. The van der Waals surface area contributed by atoms with E-state index in [2.05, 4.69) is 63.2 Å². The van der Waals surface area contributed by atoms with E-state index in [4.69, 9.17) is 4.74 Å². The Labute approximate surface area is 177 Å². The molecule has 0 unspecified atom stereocenters. The van der Waals surface area contributed by atoms with Gasteiger partial charge >= 0.3 is 6.16 Å². The highest BCUT2D eigenvalue weighted by atomic mass is 16.7. The summed E-state index contributed by atoms with van der Waals surface area (Å²) in [4.78, 5) is 16.9. The number of hydrogen-bond acceptors (Lipinski definition) is 4. The van der Waals surface area contributed by atoms with Crippen molar-refractivity contribution in [3.05, 3.63) is 96.2 Å². The standard InChI is InChI=1S/C25H28N2O3/c1-29-25(28)30-19-9-8-17-27(20-21-10-4-2-5-11-21)18-16-23-14-15-24(26-23)22-12-6-3-7-13-22/h2-15,26H,16-20H2,1H3/b9-8+. The zero-order chi connectivity index (χ0) is 21.0. The number of nitrogens with one attached hydrogen (secondary N) is 1. The Hall–Kier alpha value is -3.31. The molecule has 0 aliphatic rings. The molecule has 0 atom stereocenters. The van der Waals surface area contributed by atoms with Crippen molar-refractivity contribution in [1.29, 1.82) is 0 Å². The number of H-pyrrole nitrogens is 1. The summed E-state index contributed by atoms with van der Waals surface area (Å²) < 4.78 is 9.36. The average Bonchev–Trinajstić information content (AvgIpc) is 3.27. The van der Waals surface area contributed by atoms with Crippen LogP contribution in [-0.4, -0.2) is 42.8 Å². The fourth-order valence-corrected chi connectivity index (χ4v) is 3.19. The molecule has 5 nitrogen and oxygen atoms in total. The molecule has 0 spiro atoms. The SMILES string of the molecule is COC(=O)OC/C=C/CN(CCc1ccc(-c2ccccc2)[nH]1)Cc1ccccc1. The first-order valence-corrected chi connectivity index (χ1v) is 10.1. The number of benzene rings is 2. The molecule has 5 heteroatoms. The Morgan fingerprint density at radius 2 is 1.70 bits per heavy atom. The summed E-state index contributed by atoms with van der Waals surface area (Å²) in [5.41, 5.74) is 4.82. The average molecular weight is 405 g/mol. The molecule has 0 aliphatic carbocycles. The van der Waals surface area contributed by atoms with E-state index in [1.807, 2.05) is 36.4 Å². The van der Waals surface area contributed by atoms with Crippen LogP contribution in [0.2, 0.25) is 0 Å². The van der Waals surface area contributed by atoms with Crippen molar-refractivity contribution in [2.24, 2.45) is 0 Å². The van der Waals surface area contributed by atoms with Crippen LogP contribution in [0.4, 0.5) is 4.79 Å². The molecule has 156 valence electrons. The first-order chi connectivity index (χ1) is 14.7. The third-order valence-corrected chi connectivity index (χ3v) is 4.77. The molecule has 0 saturated carbocycles. The van der Waals surface area contributed by atoms with Crippen molar-refractivity contribution in [3.8, 4) is 11.3 Å². The number of aromatic amines is 1. The van der Waals surface area contributed by atoms with Crippen molar-refractivity contribution >= 4 is 6.16 Å². The predicted molar refractivity (Wildman–Crippen MR) is 119 cm³/mol. The molecule has 30 heavy (non-hydrogen) atoms. The highest BCUT2D eigenvalue weighted by Crippen LogP contribution is 2.18. The fourth-order valence-electron chi connectivity index (χ4n) is 3.19. The van der Waals surface area contributed by atoms with E-state index in [0.29, 0.717) is 0 Å². The number of rotatable bonds is 10. The summed E-state index contributed by atoms with van der Waals surface area (Å²) in [5, 5.41) is 0. The molecular formula is C25H28N2O3. The minimum atomic E-state index is -0.665. The molecule has 1 heterocycles. The van der Waals surface area contributed by atoms with E-state index in [1.165, 1.54) is 23.9 Å². The molecule has 1 N–H and O–H groups in total. The second kappa shape index (κ2) is 11.6. The van der Waals surface area contributed by atoms with Crippen molar-refractivity contribution < 1.29 is 14.3 Å². The molecule has 0 saturated heterocycles. The summed E-state index contributed by atoms with van der Waals surface area (Å²) in [5.74, 6) is 0. The third-order valence-electron chi connectivity index (χ3n) is 4.77. The number of carbonyl (C=O) groups is 1. The molecular weight excluding hydrogens is 376 g/mol. The number of methoxy groups -OCH3 is 1. The molecule has 3 rings (SSSR count). The van der Waals surface area contributed by atoms with Gasteiger partial charge in [0.25, 0.3) is 0 Å². The smallest absolute Gasteiger partial charge is 0.438 e. The van der Waals surface area contributed by atoms with Crippen LogP contribution in [0.15, 0.2) is 84.9 Å². The largest absolute Gasteiger partial charge is 0.508 e. The third kappa shape index (κ3) is 6.94. The number of aromatic nitrogens is 1. The van der Waals surface area contributed by atoms with Crippen LogP contribution in [0.5, 0.6) is 0 Å². The van der Waals surface area contributed by atoms with Gasteiger partial charge in [-0.2, -0.15) is 0 Å². The Balaban J connectivity index is 1.57. The number of carbonyl (C=O) groups excluding carboxylic acids is 1. The zero-order valence-corrected chi connectivity index (χ0v) is 17.3. The van der Waals surface area contributed by atoms with Gasteiger partial charge in [0.05, 0.1) is 7.11 Å². The highest BCUT2D eigenvalue weighted by Gasteiger charge is 2.07. The molecule has 2 aromatic carbocycles. The molecule has 0 bridgehead atoms. The van der Waals surface area contributed by atoms with Gasteiger partial charge in [-0.15, -0.1) is 0 Å². The molecule has 3 aromatic rings. The molecule has 0 fully saturated rings. The fraction of sp³-hybridized carbons (Fsp3) is 0.240. The van der Waals surface area contributed by atoms with Crippen molar-refractivity contribution in [2.75, 3.05) is 26.8 Å². The maximum atomic E-state index is 11.0. The number of nitrogens with zero attached hydrogens (tertiary/aromatic N) is 1. The second-order valence-electron chi connectivity index (χ2n) is 6.97. The molecule has 0 radical (unpaired) electrons. The minimum Gasteiger partial charge on any atom is -0.438 e. The molecule has 1 aromatic heterocycles. The Morgan fingerprint density at radius 1 is 0.967 bits per heavy atom. The second-order valence-corrected chi connectivity index (χ2v) is 6.97. The van der Waals surface area contributed by atoms with E-state index in [1.54, 1.807) is 0 Å². The maximum Gasteiger partial charge on any atom is 0.508 e. The maximum absolute atomic E-state index is 11.0. The predicted octanol–water partition coefficient (Wildman–Crippen LogP) is 5.07. The highest BCUT2D eigenvalue weighted by molar-refractivity contribution is 5.60. The Bertz CT molecular complexity index is 920. The van der Waals surface area contributed by atoms with Gasteiger partial charge in [0.1, 0.15) is 6.61 Å². The van der Waals surface area contributed by atoms with Crippen LogP contribution >= 0.6 is 0 Å². The van der Waals surface area contributed by atoms with Crippen molar-refractivity contribution in [3.63, 3.8) is 0 Å². The molecule has 0 amide bonds. The first kappa shape index (κ1) is 21.4. The zero-order valence-electron chi connectivity index (χ0n) is 17.3.